The Morgan fingerprint density at radius 3 is 2.83 bits per heavy atom. The zero-order valence-corrected chi connectivity index (χ0v) is 15.1. The van der Waals surface area contributed by atoms with Crippen molar-refractivity contribution < 1.29 is 4.79 Å². The normalized spacial score (nSPS) is 10.5. The average Bonchev–Trinajstić information content (AvgIpc) is 3.04. The smallest absolute Gasteiger partial charge is 0.256 e. The molecule has 2 aromatic carbocycles. The van der Waals surface area contributed by atoms with E-state index < -0.39 is 0 Å². The summed E-state index contributed by atoms with van der Waals surface area (Å²) in [5.74, 6) is -0.144. The van der Waals surface area contributed by atoms with Gasteiger partial charge in [0, 0.05) is 9.26 Å². The topological polar surface area (TPSA) is 72.7 Å². The van der Waals surface area contributed by atoms with Crippen LogP contribution in [0.3, 0.4) is 0 Å². The van der Waals surface area contributed by atoms with Crippen molar-refractivity contribution in [3.8, 4) is 5.69 Å². The van der Waals surface area contributed by atoms with E-state index in [0.29, 0.717) is 16.4 Å². The largest absolute Gasteiger partial charge is 0.322 e. The van der Waals surface area contributed by atoms with Gasteiger partial charge in [0.2, 0.25) is 5.16 Å². The van der Waals surface area contributed by atoms with Gasteiger partial charge in [0.15, 0.2) is 0 Å². The first kappa shape index (κ1) is 15.9. The Morgan fingerprint density at radius 1 is 1.22 bits per heavy atom. The molecule has 3 rings (SSSR count). The molecule has 0 aliphatic rings. The van der Waals surface area contributed by atoms with Gasteiger partial charge in [-0.1, -0.05) is 30.0 Å². The molecule has 1 N–H and O–H groups in total. The second-order valence-corrected chi connectivity index (χ2v) is 6.50. The van der Waals surface area contributed by atoms with Gasteiger partial charge in [-0.2, -0.15) is 4.68 Å². The average molecular weight is 437 g/mol. The van der Waals surface area contributed by atoms with E-state index in [1.54, 1.807) is 10.7 Å². The fourth-order valence-corrected chi connectivity index (χ4v) is 3.09. The lowest BCUT2D eigenvalue weighted by Gasteiger charge is -2.09. The standard InChI is InChI=1S/C15H12IN5OS/c1-23-15-18-19-20-21(15)11-6-4-5-10(9-11)17-14(22)12-7-2-3-8-13(12)16/h2-9H,1H3,(H,17,22). The fourth-order valence-electron chi connectivity index (χ4n) is 2.03. The molecular weight excluding hydrogens is 425 g/mol. The van der Waals surface area contributed by atoms with Crippen LogP contribution >= 0.6 is 34.4 Å². The first-order valence-corrected chi connectivity index (χ1v) is 8.98. The summed E-state index contributed by atoms with van der Waals surface area (Å²) < 4.78 is 2.54. The van der Waals surface area contributed by atoms with Gasteiger partial charge in [0.05, 0.1) is 11.3 Å². The Hall–Kier alpha value is -1.94. The summed E-state index contributed by atoms with van der Waals surface area (Å²) >= 11 is 3.60. The second-order valence-electron chi connectivity index (χ2n) is 4.56. The molecular formula is C15H12IN5OS. The molecule has 0 aliphatic heterocycles. The van der Waals surface area contributed by atoms with Gasteiger partial charge in [-0.25, -0.2) is 0 Å². The molecule has 3 aromatic rings. The van der Waals surface area contributed by atoms with Crippen LogP contribution in [0.1, 0.15) is 10.4 Å². The number of carbonyl (C=O) groups excluding carboxylic acids is 1. The van der Waals surface area contributed by atoms with Gasteiger partial charge < -0.3 is 5.32 Å². The summed E-state index contributed by atoms with van der Waals surface area (Å²) in [5, 5.41) is 15.2. The lowest BCUT2D eigenvalue weighted by atomic mass is 10.2. The minimum absolute atomic E-state index is 0.144. The molecule has 0 atom stereocenters. The molecule has 0 bridgehead atoms. The van der Waals surface area contributed by atoms with Crippen molar-refractivity contribution >= 4 is 45.9 Å². The minimum atomic E-state index is -0.144. The van der Waals surface area contributed by atoms with Gasteiger partial charge in [-0.3, -0.25) is 4.79 Å². The summed E-state index contributed by atoms with van der Waals surface area (Å²) in [6.07, 6.45) is 1.91. The van der Waals surface area contributed by atoms with Gasteiger partial charge in [0.25, 0.3) is 5.91 Å². The third-order valence-corrected chi connectivity index (χ3v) is 4.65. The molecule has 116 valence electrons. The molecule has 6 nitrogen and oxygen atoms in total. The van der Waals surface area contributed by atoms with Crippen LogP contribution < -0.4 is 5.32 Å². The molecule has 0 fully saturated rings. The molecule has 0 saturated heterocycles. The van der Waals surface area contributed by atoms with Crippen LogP contribution in [0.4, 0.5) is 5.69 Å². The molecule has 8 heteroatoms. The van der Waals surface area contributed by atoms with Crippen LogP contribution in [-0.2, 0) is 0 Å². The number of nitrogens with one attached hydrogen (secondary N) is 1. The van der Waals surface area contributed by atoms with Crippen molar-refractivity contribution in [3.05, 3.63) is 57.7 Å². The predicted octanol–water partition coefficient (Wildman–Crippen LogP) is 3.24. The van der Waals surface area contributed by atoms with Crippen molar-refractivity contribution in [3.63, 3.8) is 0 Å². The molecule has 23 heavy (non-hydrogen) atoms. The molecule has 0 saturated carbocycles. The number of rotatable bonds is 4. The monoisotopic (exact) mass is 437 g/mol. The maximum absolute atomic E-state index is 12.4. The first-order chi connectivity index (χ1) is 11.2. The van der Waals surface area contributed by atoms with Crippen LogP contribution in [0.5, 0.6) is 0 Å². The summed E-state index contributed by atoms with van der Waals surface area (Å²) in [4.78, 5) is 12.4. The van der Waals surface area contributed by atoms with E-state index in [4.69, 9.17) is 0 Å². The quantitative estimate of drug-likeness (QED) is 0.501. The van der Waals surface area contributed by atoms with Crippen molar-refractivity contribution in [2.45, 2.75) is 5.16 Å². The summed E-state index contributed by atoms with van der Waals surface area (Å²) in [5.41, 5.74) is 2.13. The number of anilines is 1. The van der Waals surface area contributed by atoms with Gasteiger partial charge >= 0.3 is 0 Å². The van der Waals surface area contributed by atoms with Crippen LogP contribution in [0, 0.1) is 3.57 Å². The molecule has 1 aromatic heterocycles. The lowest BCUT2D eigenvalue weighted by Crippen LogP contribution is -2.13. The van der Waals surface area contributed by atoms with E-state index >= 15 is 0 Å². The summed E-state index contributed by atoms with van der Waals surface area (Å²) in [6, 6.07) is 14.9. The van der Waals surface area contributed by atoms with E-state index in [-0.39, 0.29) is 5.91 Å². The lowest BCUT2D eigenvalue weighted by molar-refractivity contribution is 0.102. The second kappa shape index (κ2) is 7.09. The van der Waals surface area contributed by atoms with E-state index in [0.717, 1.165) is 9.26 Å². The number of benzene rings is 2. The maximum Gasteiger partial charge on any atom is 0.256 e. The number of halogens is 1. The Kier molecular flexibility index (Phi) is 4.91. The SMILES string of the molecule is CSc1nnnn1-c1cccc(NC(=O)c2ccccc2I)c1. The summed E-state index contributed by atoms with van der Waals surface area (Å²) in [6.45, 7) is 0. The zero-order valence-electron chi connectivity index (χ0n) is 12.1. The Morgan fingerprint density at radius 2 is 2.04 bits per heavy atom. The Bertz CT molecular complexity index is 851. The van der Waals surface area contributed by atoms with E-state index in [1.807, 2.05) is 48.7 Å². The van der Waals surface area contributed by atoms with Crippen LogP contribution in [0.25, 0.3) is 5.69 Å². The number of thioether (sulfide) groups is 1. The highest BCUT2D eigenvalue weighted by molar-refractivity contribution is 14.1. The minimum Gasteiger partial charge on any atom is -0.322 e. The Balaban J connectivity index is 1.86. The fraction of sp³-hybridized carbons (Fsp3) is 0.0667. The third kappa shape index (κ3) is 3.53. The predicted molar refractivity (Wildman–Crippen MR) is 98.0 cm³/mol. The number of tetrazole rings is 1. The van der Waals surface area contributed by atoms with Crippen molar-refractivity contribution in [2.24, 2.45) is 0 Å². The summed E-state index contributed by atoms with van der Waals surface area (Å²) in [7, 11) is 0. The highest BCUT2D eigenvalue weighted by Crippen LogP contribution is 2.20. The zero-order chi connectivity index (χ0) is 16.2. The number of hydrogen-bond donors (Lipinski definition) is 1. The van der Waals surface area contributed by atoms with Crippen LogP contribution in [-0.4, -0.2) is 32.4 Å². The van der Waals surface area contributed by atoms with Crippen LogP contribution in [0.2, 0.25) is 0 Å². The highest BCUT2D eigenvalue weighted by atomic mass is 127. The van der Waals surface area contributed by atoms with Gasteiger partial charge in [0.1, 0.15) is 0 Å². The van der Waals surface area contributed by atoms with Gasteiger partial charge in [-0.15, -0.1) is 5.10 Å². The van der Waals surface area contributed by atoms with E-state index in [9.17, 15) is 4.79 Å². The molecule has 1 heterocycles. The first-order valence-electron chi connectivity index (χ1n) is 6.68. The van der Waals surface area contributed by atoms with E-state index in [1.165, 1.54) is 11.8 Å². The van der Waals surface area contributed by atoms with E-state index in [2.05, 4.69) is 43.4 Å². The Labute approximate surface area is 150 Å². The maximum atomic E-state index is 12.4. The number of amides is 1. The van der Waals surface area contributed by atoms with Crippen molar-refractivity contribution in [1.82, 2.24) is 20.2 Å². The molecule has 0 unspecified atom stereocenters. The number of aromatic nitrogens is 4. The number of hydrogen-bond acceptors (Lipinski definition) is 5. The molecule has 0 aliphatic carbocycles. The molecule has 0 spiro atoms. The number of nitrogens with zero attached hydrogens (tertiary/aromatic N) is 4. The van der Waals surface area contributed by atoms with Gasteiger partial charge in [-0.05, 0) is 69.6 Å². The molecule has 1 amide bonds. The van der Waals surface area contributed by atoms with Crippen molar-refractivity contribution in [1.29, 1.82) is 0 Å². The number of carbonyl (C=O) groups is 1. The third-order valence-electron chi connectivity index (χ3n) is 3.09. The van der Waals surface area contributed by atoms with Crippen LogP contribution in [0.15, 0.2) is 53.7 Å². The van der Waals surface area contributed by atoms with Crippen molar-refractivity contribution in [2.75, 3.05) is 11.6 Å². The molecule has 0 radical (unpaired) electrons. The highest BCUT2D eigenvalue weighted by Gasteiger charge is 2.11.